The number of nitrogens with zero attached hydrogens (tertiary/aromatic N) is 3. The van der Waals surface area contributed by atoms with Crippen LogP contribution in [0.25, 0.3) is 5.69 Å². The van der Waals surface area contributed by atoms with Crippen LogP contribution in [0.4, 0.5) is 4.39 Å². The van der Waals surface area contributed by atoms with Crippen molar-refractivity contribution in [2.75, 3.05) is 0 Å². The maximum Gasteiger partial charge on any atom is 0.240 e. The van der Waals surface area contributed by atoms with Crippen molar-refractivity contribution in [3.05, 3.63) is 47.0 Å². The van der Waals surface area contributed by atoms with E-state index in [9.17, 15) is 9.18 Å². The fraction of sp³-hybridized carbons (Fsp3) is 0.353. The summed E-state index contributed by atoms with van der Waals surface area (Å²) in [5, 5.41) is 8.45. The van der Waals surface area contributed by atoms with Gasteiger partial charge in [0.1, 0.15) is 5.82 Å². The van der Waals surface area contributed by atoms with Crippen LogP contribution < -0.4 is 5.43 Å². The summed E-state index contributed by atoms with van der Waals surface area (Å²) in [6, 6.07) is 6.12. The normalized spacial score (nSPS) is 11.4. The lowest BCUT2D eigenvalue weighted by Crippen LogP contribution is -2.19. The van der Waals surface area contributed by atoms with E-state index < -0.39 is 0 Å². The average molecular weight is 316 g/mol. The van der Waals surface area contributed by atoms with E-state index in [1.807, 2.05) is 27.7 Å². The van der Waals surface area contributed by atoms with Crippen LogP contribution in [0.5, 0.6) is 0 Å². The van der Waals surface area contributed by atoms with Crippen molar-refractivity contribution in [1.29, 1.82) is 0 Å². The third-order valence-electron chi connectivity index (χ3n) is 3.40. The molecule has 0 unspecified atom stereocenters. The number of hydrazone groups is 1. The van der Waals surface area contributed by atoms with Gasteiger partial charge in [-0.2, -0.15) is 10.2 Å². The molecule has 6 heteroatoms. The molecule has 2 rings (SSSR count). The van der Waals surface area contributed by atoms with Crippen LogP contribution in [0.15, 0.2) is 29.4 Å². The maximum absolute atomic E-state index is 13.0. The molecule has 0 saturated carbocycles. The molecule has 1 amide bonds. The Labute approximate surface area is 135 Å². The Hall–Kier alpha value is -2.50. The number of hydrogen-bond donors (Lipinski definition) is 1. The minimum atomic E-state index is -0.287. The van der Waals surface area contributed by atoms with E-state index in [4.69, 9.17) is 0 Å². The highest BCUT2D eigenvalue weighted by atomic mass is 19.1. The van der Waals surface area contributed by atoms with E-state index in [0.29, 0.717) is 6.42 Å². The van der Waals surface area contributed by atoms with Gasteiger partial charge in [-0.15, -0.1) is 0 Å². The van der Waals surface area contributed by atoms with Crippen LogP contribution in [0.2, 0.25) is 0 Å². The first-order valence-corrected chi connectivity index (χ1v) is 7.52. The second-order valence-corrected chi connectivity index (χ2v) is 5.86. The molecule has 0 spiro atoms. The number of carbonyl (C=O) groups excluding carboxylic acids is 1. The summed E-state index contributed by atoms with van der Waals surface area (Å²) in [7, 11) is 0. The predicted molar refractivity (Wildman–Crippen MR) is 88.2 cm³/mol. The van der Waals surface area contributed by atoms with Crippen molar-refractivity contribution in [3.63, 3.8) is 0 Å². The van der Waals surface area contributed by atoms with Crippen LogP contribution in [0, 0.1) is 25.6 Å². The van der Waals surface area contributed by atoms with E-state index in [1.165, 1.54) is 12.1 Å². The molecule has 0 bridgehead atoms. The van der Waals surface area contributed by atoms with Gasteiger partial charge in [0.25, 0.3) is 0 Å². The van der Waals surface area contributed by atoms with Gasteiger partial charge in [-0.25, -0.2) is 14.5 Å². The molecule has 2 aromatic rings. The zero-order chi connectivity index (χ0) is 17.0. The first-order chi connectivity index (χ1) is 10.9. The van der Waals surface area contributed by atoms with E-state index in [-0.39, 0.29) is 17.6 Å². The third-order valence-corrected chi connectivity index (χ3v) is 3.40. The molecule has 0 saturated heterocycles. The summed E-state index contributed by atoms with van der Waals surface area (Å²) in [6.07, 6.45) is 2.03. The summed E-state index contributed by atoms with van der Waals surface area (Å²) < 4.78 is 14.8. The lowest BCUT2D eigenvalue weighted by molar-refractivity contribution is -0.121. The molecule has 1 N–H and O–H groups in total. The number of carbonyl (C=O) groups is 1. The maximum atomic E-state index is 13.0. The van der Waals surface area contributed by atoms with Gasteiger partial charge in [-0.1, -0.05) is 13.8 Å². The number of aryl methyl sites for hydroxylation is 1. The van der Waals surface area contributed by atoms with E-state index >= 15 is 0 Å². The number of amides is 1. The fourth-order valence-electron chi connectivity index (χ4n) is 2.26. The number of benzene rings is 1. The molecule has 0 fully saturated rings. The van der Waals surface area contributed by atoms with Gasteiger partial charge in [-0.3, -0.25) is 4.79 Å². The molecule has 5 nitrogen and oxygen atoms in total. The van der Waals surface area contributed by atoms with Gasteiger partial charge < -0.3 is 0 Å². The van der Waals surface area contributed by atoms with Crippen LogP contribution >= 0.6 is 0 Å². The molecule has 0 aliphatic rings. The van der Waals surface area contributed by atoms with E-state index in [1.54, 1.807) is 23.0 Å². The predicted octanol–water partition coefficient (Wildman–Crippen LogP) is 3.12. The van der Waals surface area contributed by atoms with Crippen molar-refractivity contribution in [3.8, 4) is 5.69 Å². The first-order valence-electron chi connectivity index (χ1n) is 7.52. The molecule has 1 aromatic heterocycles. The van der Waals surface area contributed by atoms with E-state index in [0.717, 1.165) is 22.6 Å². The Morgan fingerprint density at radius 2 is 2.00 bits per heavy atom. The quantitative estimate of drug-likeness (QED) is 0.680. The minimum absolute atomic E-state index is 0.113. The van der Waals surface area contributed by atoms with Crippen molar-refractivity contribution in [1.82, 2.24) is 15.2 Å². The summed E-state index contributed by atoms with van der Waals surface area (Å²) in [5.74, 6) is -0.114. The second-order valence-electron chi connectivity index (χ2n) is 5.86. The van der Waals surface area contributed by atoms with Gasteiger partial charge in [-0.05, 0) is 44.0 Å². The van der Waals surface area contributed by atoms with Crippen molar-refractivity contribution in [2.24, 2.45) is 11.0 Å². The molecule has 0 aliphatic heterocycles. The average Bonchev–Trinajstić information content (AvgIpc) is 2.75. The topological polar surface area (TPSA) is 59.3 Å². The Balaban J connectivity index is 2.18. The molecule has 122 valence electrons. The lowest BCUT2D eigenvalue weighted by atomic mass is 10.1. The van der Waals surface area contributed by atoms with Gasteiger partial charge in [0.05, 0.1) is 23.3 Å². The standard InChI is InChI=1S/C17H21FN4O/c1-11(2)9-17(23)20-19-10-16-12(3)21-22(13(16)4)15-7-5-14(18)6-8-15/h5-8,10-11H,9H2,1-4H3,(H,20,23)/b19-10-. The summed E-state index contributed by atoms with van der Waals surface area (Å²) in [6.45, 7) is 7.72. The van der Waals surface area contributed by atoms with E-state index in [2.05, 4.69) is 15.6 Å². The molecule has 1 aromatic carbocycles. The monoisotopic (exact) mass is 316 g/mol. The highest BCUT2D eigenvalue weighted by molar-refractivity contribution is 5.84. The Morgan fingerprint density at radius 1 is 1.35 bits per heavy atom. The number of hydrogen-bond acceptors (Lipinski definition) is 3. The van der Waals surface area contributed by atoms with Crippen molar-refractivity contribution in [2.45, 2.75) is 34.1 Å². The molecule has 0 aliphatic carbocycles. The minimum Gasteiger partial charge on any atom is -0.273 e. The van der Waals surface area contributed by atoms with Gasteiger partial charge in [0.15, 0.2) is 0 Å². The largest absolute Gasteiger partial charge is 0.273 e. The molecule has 23 heavy (non-hydrogen) atoms. The SMILES string of the molecule is Cc1nn(-c2ccc(F)cc2)c(C)c1/C=N\NC(=O)CC(C)C. The highest BCUT2D eigenvalue weighted by Gasteiger charge is 2.11. The fourth-order valence-corrected chi connectivity index (χ4v) is 2.26. The molecular formula is C17H21FN4O. The first kappa shape index (κ1) is 16.9. The van der Waals surface area contributed by atoms with Crippen LogP contribution in [-0.4, -0.2) is 21.9 Å². The van der Waals surface area contributed by atoms with Crippen LogP contribution in [0.1, 0.15) is 37.2 Å². The van der Waals surface area contributed by atoms with Crippen molar-refractivity contribution < 1.29 is 9.18 Å². The molecule has 1 heterocycles. The van der Waals surface area contributed by atoms with Crippen LogP contribution in [0.3, 0.4) is 0 Å². The second kappa shape index (κ2) is 7.17. The number of nitrogens with one attached hydrogen (secondary N) is 1. The lowest BCUT2D eigenvalue weighted by Gasteiger charge is -2.04. The van der Waals surface area contributed by atoms with Gasteiger partial charge >= 0.3 is 0 Å². The van der Waals surface area contributed by atoms with Gasteiger partial charge in [0.2, 0.25) is 5.91 Å². The molecule has 0 radical (unpaired) electrons. The Morgan fingerprint density at radius 3 is 2.61 bits per heavy atom. The summed E-state index contributed by atoms with van der Waals surface area (Å²) in [5.41, 5.74) is 5.78. The molecule has 0 atom stereocenters. The number of halogens is 1. The highest BCUT2D eigenvalue weighted by Crippen LogP contribution is 2.16. The van der Waals surface area contributed by atoms with Crippen LogP contribution in [-0.2, 0) is 4.79 Å². The number of aromatic nitrogens is 2. The van der Waals surface area contributed by atoms with Crippen molar-refractivity contribution >= 4 is 12.1 Å². The number of rotatable bonds is 5. The molecular weight excluding hydrogens is 295 g/mol. The smallest absolute Gasteiger partial charge is 0.240 e. The summed E-state index contributed by atoms with van der Waals surface area (Å²) in [4.78, 5) is 11.6. The third kappa shape index (κ3) is 4.25. The zero-order valence-electron chi connectivity index (χ0n) is 13.8. The Bertz CT molecular complexity index is 717. The Kier molecular flexibility index (Phi) is 5.26. The summed E-state index contributed by atoms with van der Waals surface area (Å²) >= 11 is 0. The van der Waals surface area contributed by atoms with Gasteiger partial charge in [0, 0.05) is 12.0 Å². The zero-order valence-corrected chi connectivity index (χ0v) is 13.8.